The van der Waals surface area contributed by atoms with Crippen LogP contribution in [0.5, 0.6) is 0 Å². The molecule has 2 aliphatic rings. The van der Waals surface area contributed by atoms with Crippen LogP contribution in [0.1, 0.15) is 25.1 Å². The second-order valence-electron chi connectivity index (χ2n) is 10.1. The van der Waals surface area contributed by atoms with Crippen molar-refractivity contribution >= 4 is 50.9 Å². The maximum Gasteiger partial charge on any atom is 0.239 e. The molecule has 1 unspecified atom stereocenters. The van der Waals surface area contributed by atoms with Crippen LogP contribution >= 0.6 is 21.6 Å². The monoisotopic (exact) mass is 566 g/mol. The Morgan fingerprint density at radius 1 is 1.21 bits per heavy atom. The summed E-state index contributed by atoms with van der Waals surface area (Å²) in [6, 6.07) is 8.21. The first-order valence-electron chi connectivity index (χ1n) is 13.2. The number of hydrogen-bond acceptors (Lipinski definition) is 6. The number of aromatic nitrogens is 1. The highest BCUT2D eigenvalue weighted by atomic mass is 33.1. The van der Waals surface area contributed by atoms with E-state index < -0.39 is 5.72 Å². The van der Waals surface area contributed by atoms with Gasteiger partial charge in [-0.15, -0.1) is 0 Å². The first kappa shape index (κ1) is 29.1. The van der Waals surface area contributed by atoms with E-state index in [1.165, 1.54) is 0 Å². The third-order valence-electron chi connectivity index (χ3n) is 7.59. The van der Waals surface area contributed by atoms with Gasteiger partial charge in [0.05, 0.1) is 6.61 Å². The normalized spacial score (nSPS) is 21.2. The maximum atomic E-state index is 12.9. The summed E-state index contributed by atoms with van der Waals surface area (Å²) in [5, 5.41) is 6.79. The molecule has 1 aromatic heterocycles. The van der Waals surface area contributed by atoms with Crippen LogP contribution in [0, 0.1) is 12.3 Å². The second kappa shape index (κ2) is 12.5. The molecule has 2 amide bonds. The van der Waals surface area contributed by atoms with Crippen molar-refractivity contribution in [2.45, 2.75) is 33.0 Å². The van der Waals surface area contributed by atoms with Crippen molar-refractivity contribution in [3.63, 3.8) is 0 Å². The number of allylic oxidation sites excluding steroid dienone is 3. The minimum absolute atomic E-state index is 0.0149. The molecule has 0 radical (unpaired) electrons. The van der Waals surface area contributed by atoms with Crippen LogP contribution in [0.3, 0.4) is 0 Å². The van der Waals surface area contributed by atoms with Crippen LogP contribution in [0.2, 0.25) is 0 Å². The zero-order chi connectivity index (χ0) is 28.0. The number of hydrogen-bond donors (Lipinski definition) is 2. The van der Waals surface area contributed by atoms with Gasteiger partial charge in [0, 0.05) is 64.4 Å². The van der Waals surface area contributed by atoms with Gasteiger partial charge in [-0.1, -0.05) is 85.0 Å². The maximum absolute atomic E-state index is 12.9. The number of benzene rings is 1. The summed E-state index contributed by atoms with van der Waals surface area (Å²) in [5.74, 6) is 1.63. The van der Waals surface area contributed by atoms with Gasteiger partial charge < -0.3 is 24.8 Å². The Kier molecular flexibility index (Phi) is 9.35. The fourth-order valence-electron chi connectivity index (χ4n) is 5.63. The molecular weight excluding hydrogens is 528 g/mol. The predicted octanol–water partition coefficient (Wildman–Crippen LogP) is 4.90. The quantitative estimate of drug-likeness (QED) is 0.204. The van der Waals surface area contributed by atoms with E-state index >= 15 is 0 Å². The molecule has 2 aliphatic heterocycles. The van der Waals surface area contributed by atoms with Crippen LogP contribution in [0.15, 0.2) is 66.9 Å². The number of ether oxygens (including phenoxy) is 1. The number of amides is 2. The van der Waals surface area contributed by atoms with E-state index in [1.807, 2.05) is 24.3 Å². The average Bonchev–Trinajstić information content (AvgIpc) is 3.51. The number of rotatable bonds is 13. The van der Waals surface area contributed by atoms with Crippen LogP contribution in [-0.2, 0) is 20.9 Å². The Hall–Kier alpha value is -2.88. The third-order valence-corrected chi connectivity index (χ3v) is 10.00. The Balaban J connectivity index is 1.52. The first-order chi connectivity index (χ1) is 18.8. The van der Waals surface area contributed by atoms with E-state index in [9.17, 15) is 9.59 Å². The Morgan fingerprint density at radius 2 is 1.95 bits per heavy atom. The predicted molar refractivity (Wildman–Crippen MR) is 164 cm³/mol. The number of nitrogens with one attached hydrogen (secondary N) is 2. The molecule has 1 aromatic carbocycles. The second-order valence-corrected chi connectivity index (χ2v) is 12.8. The van der Waals surface area contributed by atoms with E-state index in [0.717, 1.165) is 51.5 Å². The summed E-state index contributed by atoms with van der Waals surface area (Å²) in [5.41, 5.74) is 4.30. The fourth-order valence-corrected chi connectivity index (χ4v) is 7.46. The summed E-state index contributed by atoms with van der Waals surface area (Å²) in [6.45, 7) is 17.7. The largest absolute Gasteiger partial charge is 0.358 e. The standard InChI is InChI=1S/C30H38N4O3S2/c1-6-9-26-23(3)34-16-17-37-30(34,29(26,4)5)13-12-24-22(2)33(27-11-8-7-10-25(24)27)20-28(36)32-15-19-39-38-18-14-31-21-35/h6-13,21H,1,3,14-20H2,2,4-5H3,(H,31,35)(H,32,36)/b13-12+,26-9+. The highest BCUT2D eigenvalue weighted by molar-refractivity contribution is 8.76. The van der Waals surface area contributed by atoms with E-state index in [2.05, 4.69) is 78.3 Å². The van der Waals surface area contributed by atoms with Crippen LogP contribution in [-0.4, -0.2) is 65.3 Å². The molecular formula is C30H38N4O3S2. The van der Waals surface area contributed by atoms with Crippen molar-refractivity contribution in [3.8, 4) is 0 Å². The summed E-state index contributed by atoms with van der Waals surface area (Å²) in [6.07, 6.45) is 8.89. The molecule has 9 heteroatoms. The van der Waals surface area contributed by atoms with Crippen molar-refractivity contribution in [1.29, 1.82) is 0 Å². The van der Waals surface area contributed by atoms with Crippen LogP contribution in [0.4, 0.5) is 0 Å². The van der Waals surface area contributed by atoms with Gasteiger partial charge in [-0.2, -0.15) is 0 Å². The summed E-state index contributed by atoms with van der Waals surface area (Å²) < 4.78 is 8.56. The number of carbonyl (C=O) groups excluding carboxylic acids is 2. The van der Waals surface area contributed by atoms with Crippen LogP contribution < -0.4 is 10.6 Å². The molecule has 7 nitrogen and oxygen atoms in total. The lowest BCUT2D eigenvalue weighted by molar-refractivity contribution is -0.121. The number of fused-ring (bicyclic) bond motifs is 2. The molecule has 39 heavy (non-hydrogen) atoms. The zero-order valence-corrected chi connectivity index (χ0v) is 24.6. The molecule has 0 saturated carbocycles. The minimum Gasteiger partial charge on any atom is -0.358 e. The average molecular weight is 567 g/mol. The highest BCUT2D eigenvalue weighted by Gasteiger charge is 2.60. The van der Waals surface area contributed by atoms with Crippen molar-refractivity contribution in [2.75, 3.05) is 37.7 Å². The van der Waals surface area contributed by atoms with Crippen molar-refractivity contribution < 1.29 is 14.3 Å². The van der Waals surface area contributed by atoms with E-state index in [-0.39, 0.29) is 17.9 Å². The van der Waals surface area contributed by atoms with Gasteiger partial charge >= 0.3 is 0 Å². The third kappa shape index (κ3) is 5.58. The molecule has 208 valence electrons. The van der Waals surface area contributed by atoms with E-state index in [1.54, 1.807) is 21.6 Å². The first-order valence-corrected chi connectivity index (χ1v) is 15.7. The number of nitrogens with zero attached hydrogens (tertiary/aromatic N) is 2. The zero-order valence-electron chi connectivity index (χ0n) is 23.0. The van der Waals surface area contributed by atoms with E-state index in [4.69, 9.17) is 4.74 Å². The molecule has 4 rings (SSSR count). The molecule has 0 aliphatic carbocycles. The molecule has 2 N–H and O–H groups in total. The molecule has 2 saturated heterocycles. The number of para-hydroxylation sites is 1. The fraction of sp³-hybridized carbons (Fsp3) is 0.400. The van der Waals surface area contributed by atoms with Crippen molar-refractivity contribution in [3.05, 3.63) is 78.2 Å². The van der Waals surface area contributed by atoms with Gasteiger partial charge in [-0.05, 0) is 24.6 Å². The summed E-state index contributed by atoms with van der Waals surface area (Å²) in [4.78, 5) is 25.4. The molecule has 1 atom stereocenters. The lowest BCUT2D eigenvalue weighted by atomic mass is 9.76. The Morgan fingerprint density at radius 3 is 2.69 bits per heavy atom. The topological polar surface area (TPSA) is 75.6 Å². The molecule has 3 heterocycles. The van der Waals surface area contributed by atoms with Gasteiger partial charge in [-0.25, -0.2) is 0 Å². The van der Waals surface area contributed by atoms with Crippen molar-refractivity contribution in [1.82, 2.24) is 20.1 Å². The van der Waals surface area contributed by atoms with Gasteiger partial charge in [0.2, 0.25) is 12.3 Å². The van der Waals surface area contributed by atoms with Gasteiger partial charge in [-0.3, -0.25) is 9.59 Å². The molecule has 2 aromatic rings. The van der Waals surface area contributed by atoms with Gasteiger partial charge in [0.1, 0.15) is 6.54 Å². The van der Waals surface area contributed by atoms with Gasteiger partial charge in [0.15, 0.2) is 5.72 Å². The van der Waals surface area contributed by atoms with Crippen LogP contribution in [0.25, 0.3) is 17.0 Å². The summed E-state index contributed by atoms with van der Waals surface area (Å²) in [7, 11) is 3.37. The Bertz CT molecular complexity index is 1310. The van der Waals surface area contributed by atoms with Gasteiger partial charge in [0.25, 0.3) is 0 Å². The summed E-state index contributed by atoms with van der Waals surface area (Å²) >= 11 is 0. The molecule has 2 fully saturated rings. The van der Waals surface area contributed by atoms with E-state index in [0.29, 0.717) is 26.1 Å². The lowest BCUT2D eigenvalue weighted by Crippen LogP contribution is -2.47. The minimum atomic E-state index is -0.634. The Labute approximate surface area is 239 Å². The van der Waals surface area contributed by atoms with Crippen molar-refractivity contribution in [2.24, 2.45) is 5.41 Å². The number of carbonyl (C=O) groups is 2. The lowest BCUT2D eigenvalue weighted by Gasteiger charge is -2.39. The SMILES string of the molecule is C=C/C=C1\C(=C)N2CCOC2(/C=C/c2c(C)n(CC(=O)NCCSSCCNC=O)c3ccccc23)C1(C)C. The molecule has 0 bridgehead atoms. The smallest absolute Gasteiger partial charge is 0.239 e. The molecule has 0 spiro atoms. The highest BCUT2D eigenvalue weighted by Crippen LogP contribution is 2.57.